The fraction of sp³-hybridized carbons (Fsp3) is 0.929. The third-order valence-corrected chi connectivity index (χ3v) is 4.24. The van der Waals surface area contributed by atoms with E-state index < -0.39 is 30.0 Å². The first-order valence-corrected chi connectivity index (χ1v) is 7.67. The number of carbonyl (C=O) groups is 1. The highest BCUT2D eigenvalue weighted by Crippen LogP contribution is 2.37. The Hall–Kier alpha value is -1.02. The molecule has 1 aliphatic carbocycles. The molecule has 2 amide bonds. The molecule has 2 rings (SSSR count). The number of urea groups is 1. The van der Waals surface area contributed by atoms with E-state index in [2.05, 4.69) is 10.6 Å². The minimum atomic E-state index is -4.18. The van der Waals surface area contributed by atoms with E-state index >= 15 is 0 Å². The van der Waals surface area contributed by atoms with Crippen molar-refractivity contribution in [2.75, 3.05) is 19.8 Å². The van der Waals surface area contributed by atoms with Crippen LogP contribution in [0, 0.1) is 5.92 Å². The molecule has 0 radical (unpaired) electrons. The van der Waals surface area contributed by atoms with Crippen LogP contribution in [0.15, 0.2) is 0 Å². The predicted molar refractivity (Wildman–Crippen MR) is 73.3 cm³/mol. The van der Waals surface area contributed by atoms with Crippen LogP contribution in [0.5, 0.6) is 0 Å². The lowest BCUT2D eigenvalue weighted by Crippen LogP contribution is -2.46. The topological polar surface area (TPSA) is 59.6 Å². The average Bonchev–Trinajstić information content (AvgIpc) is 2.85. The van der Waals surface area contributed by atoms with Gasteiger partial charge in [0.1, 0.15) is 0 Å². The number of carbonyl (C=O) groups excluding carboxylic acids is 1. The summed E-state index contributed by atoms with van der Waals surface area (Å²) in [6, 6.07) is -0.857. The van der Waals surface area contributed by atoms with Gasteiger partial charge < -0.3 is 20.1 Å². The normalized spacial score (nSPS) is 28.4. The predicted octanol–water partition coefficient (Wildman–Crippen LogP) is 2.56. The molecule has 2 N–H and O–H groups in total. The standard InChI is InChI=1S/C14H23F3N2O3/c1-13(21-7-8-22-13)5-6-18-12(20)19-11-4-2-3-10(9-11)14(15,16)17/h10-11H,2-9H2,1H3,(H2,18,19,20). The van der Waals surface area contributed by atoms with Crippen LogP contribution < -0.4 is 10.6 Å². The van der Waals surface area contributed by atoms with Crippen LogP contribution in [-0.2, 0) is 9.47 Å². The number of hydrogen-bond donors (Lipinski definition) is 2. The first-order chi connectivity index (χ1) is 10.3. The second-order valence-electron chi connectivity index (χ2n) is 6.08. The van der Waals surface area contributed by atoms with Crippen molar-refractivity contribution < 1.29 is 27.4 Å². The van der Waals surface area contributed by atoms with Gasteiger partial charge in [0.15, 0.2) is 5.79 Å². The molecule has 22 heavy (non-hydrogen) atoms. The largest absolute Gasteiger partial charge is 0.391 e. The van der Waals surface area contributed by atoms with Gasteiger partial charge in [-0.15, -0.1) is 0 Å². The maximum absolute atomic E-state index is 12.7. The van der Waals surface area contributed by atoms with Crippen molar-refractivity contribution >= 4 is 6.03 Å². The number of alkyl halides is 3. The van der Waals surface area contributed by atoms with E-state index in [1.165, 1.54) is 0 Å². The van der Waals surface area contributed by atoms with Gasteiger partial charge in [-0.2, -0.15) is 13.2 Å². The van der Waals surface area contributed by atoms with Gasteiger partial charge in [0.2, 0.25) is 0 Å². The molecule has 0 aromatic heterocycles. The summed E-state index contributed by atoms with van der Waals surface area (Å²) in [4.78, 5) is 11.8. The van der Waals surface area contributed by atoms with Gasteiger partial charge in [0.05, 0.1) is 19.1 Å². The van der Waals surface area contributed by atoms with Gasteiger partial charge in [0.25, 0.3) is 0 Å². The van der Waals surface area contributed by atoms with Gasteiger partial charge in [0, 0.05) is 19.0 Å². The Kier molecular flexibility index (Phi) is 5.55. The Morgan fingerprint density at radius 2 is 1.95 bits per heavy atom. The number of rotatable bonds is 4. The van der Waals surface area contributed by atoms with Crippen LogP contribution in [0.3, 0.4) is 0 Å². The minimum Gasteiger partial charge on any atom is -0.348 e. The monoisotopic (exact) mass is 324 g/mol. The number of nitrogens with one attached hydrogen (secondary N) is 2. The highest BCUT2D eigenvalue weighted by atomic mass is 19.4. The molecule has 1 saturated carbocycles. The van der Waals surface area contributed by atoms with E-state index in [4.69, 9.17) is 9.47 Å². The summed E-state index contributed by atoms with van der Waals surface area (Å²) in [6.45, 7) is 3.21. The van der Waals surface area contributed by atoms with Crippen LogP contribution in [0.1, 0.15) is 39.0 Å². The zero-order chi connectivity index (χ0) is 16.2. The lowest BCUT2D eigenvalue weighted by Gasteiger charge is -2.31. The van der Waals surface area contributed by atoms with Crippen molar-refractivity contribution in [2.24, 2.45) is 5.92 Å². The second kappa shape index (κ2) is 7.04. The Labute approximate surface area is 127 Å². The van der Waals surface area contributed by atoms with Crippen LogP contribution >= 0.6 is 0 Å². The summed E-state index contributed by atoms with van der Waals surface area (Å²) in [6.07, 6.45) is -2.51. The molecule has 128 valence electrons. The van der Waals surface area contributed by atoms with Crippen molar-refractivity contribution in [3.8, 4) is 0 Å². The second-order valence-corrected chi connectivity index (χ2v) is 6.08. The molecule has 0 aromatic carbocycles. The van der Waals surface area contributed by atoms with Gasteiger partial charge in [-0.1, -0.05) is 6.42 Å². The molecular formula is C14H23F3N2O3. The first-order valence-electron chi connectivity index (χ1n) is 7.67. The quantitative estimate of drug-likeness (QED) is 0.835. The Bertz CT molecular complexity index is 384. The van der Waals surface area contributed by atoms with Crippen LogP contribution in [-0.4, -0.2) is 43.8 Å². The number of hydrogen-bond acceptors (Lipinski definition) is 3. The van der Waals surface area contributed by atoms with E-state index in [0.29, 0.717) is 39.0 Å². The lowest BCUT2D eigenvalue weighted by atomic mass is 9.85. The molecule has 2 aliphatic rings. The van der Waals surface area contributed by atoms with Crippen molar-refractivity contribution in [3.63, 3.8) is 0 Å². The Morgan fingerprint density at radius 1 is 1.27 bits per heavy atom. The summed E-state index contributed by atoms with van der Waals surface area (Å²) in [5.74, 6) is -2.00. The zero-order valence-electron chi connectivity index (χ0n) is 12.7. The molecule has 1 saturated heterocycles. The van der Waals surface area contributed by atoms with Crippen molar-refractivity contribution in [1.82, 2.24) is 10.6 Å². The van der Waals surface area contributed by atoms with E-state index in [-0.39, 0.29) is 12.8 Å². The fourth-order valence-corrected chi connectivity index (χ4v) is 2.96. The summed E-state index contributed by atoms with van der Waals surface area (Å²) in [5, 5.41) is 5.27. The van der Waals surface area contributed by atoms with E-state index in [0.717, 1.165) is 0 Å². The minimum absolute atomic E-state index is 0.0408. The van der Waals surface area contributed by atoms with Crippen LogP contribution in [0.2, 0.25) is 0 Å². The Balaban J connectivity index is 1.68. The third kappa shape index (κ3) is 5.01. The third-order valence-electron chi connectivity index (χ3n) is 4.24. The number of halogens is 3. The van der Waals surface area contributed by atoms with Crippen LogP contribution in [0.4, 0.5) is 18.0 Å². The van der Waals surface area contributed by atoms with Gasteiger partial charge in [-0.25, -0.2) is 4.79 Å². The number of amides is 2. The molecule has 2 fully saturated rings. The molecular weight excluding hydrogens is 301 g/mol. The van der Waals surface area contributed by atoms with Crippen molar-refractivity contribution in [2.45, 2.75) is 57.0 Å². The zero-order valence-corrected chi connectivity index (χ0v) is 12.7. The fourth-order valence-electron chi connectivity index (χ4n) is 2.96. The lowest BCUT2D eigenvalue weighted by molar-refractivity contribution is -0.183. The van der Waals surface area contributed by atoms with Gasteiger partial charge in [-0.05, 0) is 26.2 Å². The molecule has 2 unspecified atom stereocenters. The summed E-state index contributed by atoms with van der Waals surface area (Å²) in [7, 11) is 0. The summed E-state index contributed by atoms with van der Waals surface area (Å²) >= 11 is 0. The Morgan fingerprint density at radius 3 is 2.59 bits per heavy atom. The van der Waals surface area contributed by atoms with Gasteiger partial charge in [-0.3, -0.25) is 0 Å². The van der Waals surface area contributed by atoms with Crippen LogP contribution in [0.25, 0.3) is 0 Å². The molecule has 1 heterocycles. The molecule has 8 heteroatoms. The maximum Gasteiger partial charge on any atom is 0.391 e. The smallest absolute Gasteiger partial charge is 0.348 e. The molecule has 0 aromatic rings. The molecule has 5 nitrogen and oxygen atoms in total. The SMILES string of the molecule is CC1(CCNC(=O)NC2CCCC(C(F)(F)F)C2)OCCO1. The molecule has 0 bridgehead atoms. The highest BCUT2D eigenvalue weighted by Gasteiger charge is 2.42. The molecule has 0 spiro atoms. The first kappa shape index (κ1) is 17.3. The van der Waals surface area contributed by atoms with Gasteiger partial charge >= 0.3 is 12.2 Å². The van der Waals surface area contributed by atoms with Crippen molar-refractivity contribution in [1.29, 1.82) is 0 Å². The summed E-state index contributed by atoms with van der Waals surface area (Å²) < 4.78 is 49.0. The highest BCUT2D eigenvalue weighted by molar-refractivity contribution is 5.74. The van der Waals surface area contributed by atoms with E-state index in [1.54, 1.807) is 6.92 Å². The average molecular weight is 324 g/mol. The summed E-state index contributed by atoms with van der Waals surface area (Å²) in [5.41, 5.74) is 0. The van der Waals surface area contributed by atoms with E-state index in [1.807, 2.05) is 0 Å². The van der Waals surface area contributed by atoms with E-state index in [9.17, 15) is 18.0 Å². The molecule has 2 atom stereocenters. The maximum atomic E-state index is 12.7. The number of ether oxygens (including phenoxy) is 2. The molecule has 1 aliphatic heterocycles. The van der Waals surface area contributed by atoms with Crippen molar-refractivity contribution in [3.05, 3.63) is 0 Å².